The molecule has 0 bridgehead atoms. The highest BCUT2D eigenvalue weighted by Gasteiger charge is 2.46. The first-order valence-corrected chi connectivity index (χ1v) is 17.4. The summed E-state index contributed by atoms with van der Waals surface area (Å²) in [5.41, 5.74) is 0.836. The van der Waals surface area contributed by atoms with E-state index in [9.17, 15) is 37.9 Å². The summed E-state index contributed by atoms with van der Waals surface area (Å²) < 4.78 is 27.3. The summed E-state index contributed by atoms with van der Waals surface area (Å²) in [7, 11) is -3.31. The van der Waals surface area contributed by atoms with Gasteiger partial charge < -0.3 is 29.5 Å². The normalized spacial score (nSPS) is 24.4. The maximum absolute atomic E-state index is 14.3. The van der Waals surface area contributed by atoms with Crippen molar-refractivity contribution in [3.05, 3.63) is 81.8 Å². The molecule has 13 heteroatoms. The number of aromatic nitrogens is 1. The van der Waals surface area contributed by atoms with E-state index in [2.05, 4.69) is 5.32 Å². The zero-order valence-corrected chi connectivity index (χ0v) is 26.4. The Balaban J connectivity index is 1.17. The van der Waals surface area contributed by atoms with Gasteiger partial charge in [-0.15, -0.1) is 0 Å². The van der Waals surface area contributed by atoms with Gasteiger partial charge in [-0.05, 0) is 78.3 Å². The van der Waals surface area contributed by atoms with Crippen LogP contribution in [-0.4, -0.2) is 73.1 Å². The van der Waals surface area contributed by atoms with Gasteiger partial charge in [0.15, 0.2) is 0 Å². The number of rotatable bonds is 6. The van der Waals surface area contributed by atoms with E-state index in [1.165, 1.54) is 28.8 Å². The van der Waals surface area contributed by atoms with Crippen LogP contribution in [-0.2, 0) is 21.2 Å². The fourth-order valence-corrected chi connectivity index (χ4v) is 7.71. The fourth-order valence-electron chi connectivity index (χ4n) is 7.16. The van der Waals surface area contributed by atoms with Crippen molar-refractivity contribution in [2.75, 3.05) is 13.1 Å². The molecular weight excluding hydrogens is 614 g/mol. The van der Waals surface area contributed by atoms with Gasteiger partial charge in [-0.2, -0.15) is 0 Å². The van der Waals surface area contributed by atoms with Crippen LogP contribution in [0.15, 0.2) is 59.5 Å². The molecule has 3 saturated heterocycles. The van der Waals surface area contributed by atoms with Crippen molar-refractivity contribution in [3.8, 4) is 0 Å². The second kappa shape index (κ2) is 12.7. The lowest BCUT2D eigenvalue weighted by Crippen LogP contribution is -2.56. The molecule has 3 aromatic rings. The second-order valence-corrected chi connectivity index (χ2v) is 14.4. The van der Waals surface area contributed by atoms with Gasteiger partial charge >= 0.3 is 7.60 Å². The summed E-state index contributed by atoms with van der Waals surface area (Å²) in [5, 5.41) is 3.95. The summed E-state index contributed by atoms with van der Waals surface area (Å²) in [6.45, 7) is 1.03. The molecule has 46 heavy (non-hydrogen) atoms. The summed E-state index contributed by atoms with van der Waals surface area (Å²) in [5.74, 6) is -3.31. The predicted molar refractivity (Wildman–Crippen MR) is 169 cm³/mol. The lowest BCUT2D eigenvalue weighted by molar-refractivity contribution is -0.146. The molecule has 1 aromatic heterocycles. The minimum absolute atomic E-state index is 0.0516. The smallest absolute Gasteiger partial charge is 0.340 e. The van der Waals surface area contributed by atoms with Crippen molar-refractivity contribution in [3.63, 3.8) is 0 Å². The molecule has 2 aromatic carbocycles. The van der Waals surface area contributed by atoms with Crippen LogP contribution in [0.5, 0.6) is 0 Å². The van der Waals surface area contributed by atoms with Gasteiger partial charge in [0.05, 0.1) is 0 Å². The van der Waals surface area contributed by atoms with Gasteiger partial charge in [0.25, 0.3) is 11.5 Å². The second-order valence-electron chi connectivity index (χ2n) is 12.7. The number of benzene rings is 2. The molecule has 3 fully saturated rings. The molecule has 3 N–H and O–H groups in total. The summed E-state index contributed by atoms with van der Waals surface area (Å²) in [6, 6.07) is 10.9. The Bertz CT molecular complexity index is 1790. The lowest BCUT2D eigenvalue weighted by atomic mass is 9.98. The molecule has 3 aliphatic rings. The number of aryl methyl sites for hydroxylation is 1. The minimum Gasteiger partial charge on any atom is -0.340 e. The Morgan fingerprint density at radius 1 is 0.957 bits per heavy atom. The zero-order chi connectivity index (χ0) is 32.7. The van der Waals surface area contributed by atoms with Gasteiger partial charge in [-0.1, -0.05) is 31.0 Å². The van der Waals surface area contributed by atoms with Crippen LogP contribution >= 0.6 is 7.60 Å². The highest BCUT2D eigenvalue weighted by Crippen LogP contribution is 2.53. The minimum atomic E-state index is -5.00. The van der Waals surface area contributed by atoms with E-state index >= 15 is 0 Å². The molecule has 0 radical (unpaired) electrons. The quantitative estimate of drug-likeness (QED) is 0.344. The number of hydrogen-bond acceptors (Lipinski definition) is 5. The predicted octanol–water partition coefficient (Wildman–Crippen LogP) is 3.73. The standard InChI is InChI=1S/C33H38FN4O7P/c1-36-14-12-21(18-29(36)39)24-13-15-37(19-24)33(42)28-11-10-26-4-2-3-5-27(32(41)38(26)28)35-31(40)23-9-7-20-6-8-22(16-25(20)17-23)30(34)46(43,44)45/h6-9,12,14,16-18,24,26-28,30H,2-5,10-11,13,15,19H2,1H3,(H,35,40)(H2,43,44,45)/t24?,26-,27-,28-,30?/m0/s1. The molecule has 3 amide bonds. The summed E-state index contributed by atoms with van der Waals surface area (Å²) in [6.07, 6.45) is 6.56. The lowest BCUT2D eigenvalue weighted by Gasteiger charge is -2.36. The molecule has 11 nitrogen and oxygen atoms in total. The van der Waals surface area contributed by atoms with E-state index in [4.69, 9.17) is 0 Å². The SMILES string of the molecule is Cn1ccc(C2CCN(C(=O)[C@@H]3CC[C@@H]4CCCC[C@H](NC(=O)c5ccc6ccc(C(F)P(=O)(O)O)cc6c5)C(=O)N43)C2)cc1=O. The summed E-state index contributed by atoms with van der Waals surface area (Å²) >= 11 is 0. The monoisotopic (exact) mass is 652 g/mol. The highest BCUT2D eigenvalue weighted by atomic mass is 31.2. The molecule has 0 spiro atoms. The Kier molecular flexibility index (Phi) is 8.89. The van der Waals surface area contributed by atoms with E-state index in [1.807, 2.05) is 6.07 Å². The number of nitrogens with zero attached hydrogens (tertiary/aromatic N) is 3. The van der Waals surface area contributed by atoms with Gasteiger partial charge in [-0.3, -0.25) is 23.7 Å². The highest BCUT2D eigenvalue weighted by molar-refractivity contribution is 7.51. The van der Waals surface area contributed by atoms with E-state index in [1.54, 1.807) is 41.2 Å². The Labute approximate surface area is 265 Å². The van der Waals surface area contributed by atoms with Crippen molar-refractivity contribution in [2.45, 2.75) is 74.9 Å². The number of likely N-dealkylation sites (tertiary alicyclic amines) is 1. The summed E-state index contributed by atoms with van der Waals surface area (Å²) in [4.78, 5) is 75.5. The van der Waals surface area contributed by atoms with Gasteiger partial charge in [-0.25, -0.2) is 4.39 Å². The van der Waals surface area contributed by atoms with Crippen LogP contribution in [0.25, 0.3) is 10.8 Å². The number of fused-ring (bicyclic) bond motifs is 2. The largest absolute Gasteiger partial charge is 0.363 e. The number of halogens is 1. The van der Waals surface area contributed by atoms with Crippen LogP contribution in [0.1, 0.15) is 78.3 Å². The topological polar surface area (TPSA) is 149 Å². The maximum Gasteiger partial charge on any atom is 0.363 e. The third-order valence-corrected chi connectivity index (χ3v) is 10.6. The number of carbonyl (C=O) groups is 3. The molecule has 2 unspecified atom stereocenters. The van der Waals surface area contributed by atoms with Crippen LogP contribution in [0.4, 0.5) is 4.39 Å². The van der Waals surface area contributed by atoms with E-state index in [0.717, 1.165) is 31.2 Å². The molecule has 6 rings (SSSR count). The maximum atomic E-state index is 14.3. The van der Waals surface area contributed by atoms with Crippen molar-refractivity contribution in [1.29, 1.82) is 0 Å². The third-order valence-electron chi connectivity index (χ3n) is 9.72. The van der Waals surface area contributed by atoms with Crippen molar-refractivity contribution in [1.82, 2.24) is 19.7 Å². The molecule has 0 aliphatic carbocycles. The van der Waals surface area contributed by atoms with Crippen molar-refractivity contribution < 1.29 is 33.1 Å². The first-order valence-electron chi connectivity index (χ1n) is 15.7. The fraction of sp³-hybridized carbons (Fsp3) is 0.455. The van der Waals surface area contributed by atoms with Crippen LogP contribution in [0, 0.1) is 0 Å². The Morgan fingerprint density at radius 3 is 2.48 bits per heavy atom. The number of alkyl halides is 1. The molecule has 0 saturated carbocycles. The first kappa shape index (κ1) is 32.1. The van der Waals surface area contributed by atoms with Crippen LogP contribution in [0.2, 0.25) is 0 Å². The Morgan fingerprint density at radius 2 is 1.72 bits per heavy atom. The molecule has 5 atom stereocenters. The third kappa shape index (κ3) is 6.38. The van der Waals surface area contributed by atoms with Crippen molar-refractivity contribution >= 4 is 36.1 Å². The molecular formula is C33H38FN4O7P. The van der Waals surface area contributed by atoms with Crippen LogP contribution in [0.3, 0.4) is 0 Å². The molecule has 3 aliphatic heterocycles. The molecule has 244 valence electrons. The van der Waals surface area contributed by atoms with Gasteiger partial charge in [0.2, 0.25) is 17.7 Å². The number of amides is 3. The molecule has 4 heterocycles. The van der Waals surface area contributed by atoms with Crippen LogP contribution < -0.4 is 10.9 Å². The Hall–Kier alpha value is -3.86. The number of hydrogen-bond donors (Lipinski definition) is 3. The van der Waals surface area contributed by atoms with E-state index in [-0.39, 0.29) is 40.5 Å². The number of pyridine rings is 1. The van der Waals surface area contributed by atoms with Gasteiger partial charge in [0.1, 0.15) is 12.1 Å². The zero-order valence-electron chi connectivity index (χ0n) is 25.5. The first-order chi connectivity index (χ1) is 21.9. The van der Waals surface area contributed by atoms with Gasteiger partial charge in [0, 0.05) is 49.9 Å². The van der Waals surface area contributed by atoms with E-state index < -0.39 is 31.5 Å². The van der Waals surface area contributed by atoms with E-state index in [0.29, 0.717) is 43.1 Å². The van der Waals surface area contributed by atoms with Crippen molar-refractivity contribution in [2.24, 2.45) is 7.05 Å². The average Bonchev–Trinajstić information content (AvgIpc) is 3.69. The number of carbonyl (C=O) groups excluding carboxylic acids is 3. The average molecular weight is 653 g/mol. The number of nitrogens with one attached hydrogen (secondary N) is 1.